The summed E-state index contributed by atoms with van der Waals surface area (Å²) in [5, 5.41) is 0.388. The lowest BCUT2D eigenvalue weighted by Gasteiger charge is -2.24. The van der Waals surface area contributed by atoms with E-state index in [-0.39, 0.29) is 24.6 Å². The third-order valence-corrected chi connectivity index (χ3v) is 4.95. The highest BCUT2D eigenvalue weighted by atomic mass is 35.5. The van der Waals surface area contributed by atoms with E-state index in [1.54, 1.807) is 25.3 Å². The molecule has 3 N–H and O–H groups in total. The molecule has 0 aliphatic heterocycles. The molecule has 0 saturated carbocycles. The number of nitrogen functional groups attached to an aromatic ring is 1. The van der Waals surface area contributed by atoms with Crippen LogP contribution in [0.15, 0.2) is 64.2 Å². The van der Waals surface area contributed by atoms with Gasteiger partial charge < -0.3 is 15.4 Å². The largest absolute Gasteiger partial charge is 0.385 e. The van der Waals surface area contributed by atoms with Gasteiger partial charge in [0.15, 0.2) is 5.69 Å². The highest BCUT2D eigenvalue weighted by Crippen LogP contribution is 2.22. The first-order valence-corrected chi connectivity index (χ1v) is 10.0. The SMILES string of the molecule is COCCCN(C(=O)c1cccc(Cl)c1)c1c(N)n(Cc2ccccc2)c(=O)[nH]c1=O. The van der Waals surface area contributed by atoms with Gasteiger partial charge in [0.05, 0.1) is 6.54 Å². The smallest absolute Gasteiger partial charge is 0.330 e. The number of nitrogens with zero attached hydrogens (tertiary/aromatic N) is 2. The fourth-order valence-corrected chi connectivity index (χ4v) is 3.41. The van der Waals surface area contributed by atoms with E-state index < -0.39 is 17.2 Å². The number of rotatable bonds is 8. The van der Waals surface area contributed by atoms with Gasteiger partial charge in [-0.1, -0.05) is 48.0 Å². The minimum Gasteiger partial charge on any atom is -0.385 e. The molecule has 3 rings (SSSR count). The van der Waals surface area contributed by atoms with Crippen LogP contribution in [0.25, 0.3) is 0 Å². The molecule has 2 aromatic carbocycles. The van der Waals surface area contributed by atoms with Crippen molar-refractivity contribution in [2.24, 2.45) is 0 Å². The lowest BCUT2D eigenvalue weighted by molar-refractivity contribution is 0.0983. The molecule has 0 aliphatic rings. The molecule has 1 heterocycles. The summed E-state index contributed by atoms with van der Waals surface area (Å²) >= 11 is 6.04. The Morgan fingerprint density at radius 1 is 1.16 bits per heavy atom. The molecule has 0 aliphatic carbocycles. The first-order valence-electron chi connectivity index (χ1n) is 9.65. The monoisotopic (exact) mass is 442 g/mol. The zero-order valence-corrected chi connectivity index (χ0v) is 17.8. The number of halogens is 1. The number of nitrogens with one attached hydrogen (secondary N) is 1. The maximum Gasteiger partial charge on any atom is 0.330 e. The summed E-state index contributed by atoms with van der Waals surface area (Å²) in [6.45, 7) is 0.684. The van der Waals surface area contributed by atoms with Crippen LogP contribution in [0.2, 0.25) is 5.02 Å². The molecular formula is C22H23ClN4O4. The normalized spacial score (nSPS) is 10.8. The molecule has 0 fully saturated rings. The van der Waals surface area contributed by atoms with Crippen LogP contribution in [0.4, 0.5) is 11.5 Å². The van der Waals surface area contributed by atoms with Crippen molar-refractivity contribution >= 4 is 29.0 Å². The molecule has 31 heavy (non-hydrogen) atoms. The number of anilines is 2. The van der Waals surface area contributed by atoms with Crippen molar-refractivity contribution in [1.82, 2.24) is 9.55 Å². The third-order valence-electron chi connectivity index (χ3n) is 4.71. The van der Waals surface area contributed by atoms with Gasteiger partial charge in [-0.25, -0.2) is 4.79 Å². The Morgan fingerprint density at radius 2 is 1.90 bits per heavy atom. The molecule has 0 unspecified atom stereocenters. The number of H-pyrrole nitrogens is 1. The molecule has 162 valence electrons. The summed E-state index contributed by atoms with van der Waals surface area (Å²) in [5.41, 5.74) is 5.92. The predicted molar refractivity (Wildman–Crippen MR) is 121 cm³/mol. The number of aromatic amines is 1. The maximum atomic E-state index is 13.3. The molecule has 0 spiro atoms. The van der Waals surface area contributed by atoms with Crippen LogP contribution >= 0.6 is 11.6 Å². The predicted octanol–water partition coefficient (Wildman–Crippen LogP) is 2.50. The van der Waals surface area contributed by atoms with Crippen molar-refractivity contribution < 1.29 is 9.53 Å². The van der Waals surface area contributed by atoms with Gasteiger partial charge >= 0.3 is 5.69 Å². The van der Waals surface area contributed by atoms with Crippen LogP contribution in [-0.2, 0) is 11.3 Å². The molecule has 0 radical (unpaired) electrons. The van der Waals surface area contributed by atoms with Crippen LogP contribution in [0.1, 0.15) is 22.3 Å². The van der Waals surface area contributed by atoms with Crippen molar-refractivity contribution in [2.75, 3.05) is 30.9 Å². The first-order chi connectivity index (χ1) is 14.9. The number of ether oxygens (including phenoxy) is 1. The summed E-state index contributed by atoms with van der Waals surface area (Å²) in [6, 6.07) is 15.6. The average molecular weight is 443 g/mol. The molecular weight excluding hydrogens is 420 g/mol. The van der Waals surface area contributed by atoms with E-state index in [1.807, 2.05) is 30.3 Å². The summed E-state index contributed by atoms with van der Waals surface area (Å²) in [5.74, 6) is -0.550. The van der Waals surface area contributed by atoms with E-state index in [0.717, 1.165) is 5.56 Å². The van der Waals surface area contributed by atoms with Crippen LogP contribution in [0, 0.1) is 0 Å². The fourth-order valence-electron chi connectivity index (χ4n) is 3.22. The van der Waals surface area contributed by atoms with Gasteiger partial charge in [0.1, 0.15) is 5.82 Å². The highest BCUT2D eigenvalue weighted by molar-refractivity contribution is 6.31. The van der Waals surface area contributed by atoms with Gasteiger partial charge in [0, 0.05) is 30.8 Å². The molecule has 9 heteroatoms. The molecule has 0 bridgehead atoms. The zero-order valence-electron chi connectivity index (χ0n) is 17.0. The van der Waals surface area contributed by atoms with Crippen molar-refractivity contribution in [3.8, 4) is 0 Å². The number of methoxy groups -OCH3 is 1. The number of aromatic nitrogens is 2. The summed E-state index contributed by atoms with van der Waals surface area (Å²) < 4.78 is 6.32. The van der Waals surface area contributed by atoms with E-state index in [9.17, 15) is 14.4 Å². The average Bonchev–Trinajstić information content (AvgIpc) is 2.76. The maximum absolute atomic E-state index is 13.3. The quantitative estimate of drug-likeness (QED) is 0.521. The van der Waals surface area contributed by atoms with E-state index in [4.69, 9.17) is 22.1 Å². The lowest BCUT2D eigenvalue weighted by Crippen LogP contribution is -2.42. The Balaban J connectivity index is 2.09. The van der Waals surface area contributed by atoms with E-state index in [2.05, 4.69) is 4.98 Å². The summed E-state index contributed by atoms with van der Waals surface area (Å²) in [7, 11) is 1.55. The van der Waals surface area contributed by atoms with E-state index >= 15 is 0 Å². The van der Waals surface area contributed by atoms with Crippen LogP contribution < -0.4 is 21.9 Å². The van der Waals surface area contributed by atoms with Gasteiger partial charge in [0.2, 0.25) is 0 Å². The standard InChI is InChI=1S/C22H23ClN4O4/c1-31-12-6-11-26(21(29)16-9-5-10-17(23)13-16)18-19(24)27(22(30)25-20(18)28)14-15-7-3-2-4-8-15/h2-5,7-10,13H,6,11-12,14,24H2,1H3,(H,25,28,30). The summed E-state index contributed by atoms with van der Waals surface area (Å²) in [6.07, 6.45) is 0.458. The van der Waals surface area contributed by atoms with E-state index in [0.29, 0.717) is 23.6 Å². The third kappa shape index (κ3) is 5.22. The highest BCUT2D eigenvalue weighted by Gasteiger charge is 2.25. The molecule has 8 nitrogen and oxygen atoms in total. The number of carbonyl (C=O) groups is 1. The van der Waals surface area contributed by atoms with E-state index in [1.165, 1.54) is 15.5 Å². The molecule has 0 atom stereocenters. The molecule has 1 aromatic heterocycles. The number of hydrogen-bond donors (Lipinski definition) is 2. The second-order valence-corrected chi connectivity index (χ2v) is 7.31. The number of amides is 1. The van der Waals surface area contributed by atoms with Gasteiger partial charge in [-0.2, -0.15) is 0 Å². The lowest BCUT2D eigenvalue weighted by atomic mass is 10.1. The number of carbonyl (C=O) groups excluding carboxylic acids is 1. The number of benzene rings is 2. The minimum absolute atomic E-state index is 0.0865. The van der Waals surface area contributed by atoms with Crippen molar-refractivity contribution in [2.45, 2.75) is 13.0 Å². The minimum atomic E-state index is -0.736. The molecule has 0 saturated heterocycles. The second-order valence-electron chi connectivity index (χ2n) is 6.88. The Labute approximate surface area is 183 Å². The molecule has 3 aromatic rings. The van der Waals surface area contributed by atoms with Crippen molar-refractivity contribution in [3.05, 3.63) is 91.6 Å². The summed E-state index contributed by atoms with van der Waals surface area (Å²) in [4.78, 5) is 42.0. The van der Waals surface area contributed by atoms with Gasteiger partial charge in [-0.15, -0.1) is 0 Å². The second kappa shape index (κ2) is 10.1. The Hall–Kier alpha value is -3.36. The van der Waals surface area contributed by atoms with Gasteiger partial charge in [-0.05, 0) is 30.2 Å². The van der Waals surface area contributed by atoms with Crippen LogP contribution in [-0.4, -0.2) is 35.7 Å². The first kappa shape index (κ1) is 22.3. The van der Waals surface area contributed by atoms with Crippen molar-refractivity contribution in [1.29, 1.82) is 0 Å². The van der Waals surface area contributed by atoms with Gasteiger partial charge in [-0.3, -0.25) is 19.1 Å². The molecule has 1 amide bonds. The van der Waals surface area contributed by atoms with Crippen molar-refractivity contribution in [3.63, 3.8) is 0 Å². The Morgan fingerprint density at radius 3 is 2.58 bits per heavy atom. The number of hydrogen-bond acceptors (Lipinski definition) is 5. The Kier molecular flexibility index (Phi) is 7.28. The number of nitrogens with two attached hydrogens (primary N) is 1. The van der Waals surface area contributed by atoms with Crippen LogP contribution in [0.5, 0.6) is 0 Å². The van der Waals surface area contributed by atoms with Crippen LogP contribution in [0.3, 0.4) is 0 Å². The zero-order chi connectivity index (χ0) is 22.4. The van der Waals surface area contributed by atoms with Gasteiger partial charge in [0.25, 0.3) is 11.5 Å². The fraction of sp³-hybridized carbons (Fsp3) is 0.227. The Bertz CT molecular complexity index is 1170. The topological polar surface area (TPSA) is 110 Å².